The molecule has 1 atom stereocenters. The van der Waals surface area contributed by atoms with Crippen LogP contribution in [0.1, 0.15) is 27.2 Å². The van der Waals surface area contributed by atoms with Crippen molar-refractivity contribution in [1.82, 2.24) is 5.48 Å². The van der Waals surface area contributed by atoms with Crippen molar-refractivity contribution in [3.8, 4) is 0 Å². The normalized spacial score (nSPS) is 15.0. The molecule has 0 saturated heterocycles. The second kappa shape index (κ2) is 5.51. The molecule has 11 heavy (non-hydrogen) atoms. The Morgan fingerprint density at radius 2 is 2.00 bits per heavy atom. The van der Waals surface area contributed by atoms with Gasteiger partial charge in [0.25, 0.3) is 0 Å². The summed E-state index contributed by atoms with van der Waals surface area (Å²) in [5.74, 6) is 0. The van der Waals surface area contributed by atoms with Gasteiger partial charge >= 0.3 is 0 Å². The summed E-state index contributed by atoms with van der Waals surface area (Å²) < 4.78 is 0. The highest BCUT2D eigenvalue weighted by Crippen LogP contribution is 2.08. The first-order chi connectivity index (χ1) is 4.95. The highest BCUT2D eigenvalue weighted by atomic mass is 79.9. The van der Waals surface area contributed by atoms with Gasteiger partial charge in [-0.25, -0.2) is 0 Å². The van der Waals surface area contributed by atoms with Crippen LogP contribution >= 0.6 is 31.9 Å². The van der Waals surface area contributed by atoms with Crippen molar-refractivity contribution in [2.45, 2.75) is 37.7 Å². The molecule has 68 valence electrons. The van der Waals surface area contributed by atoms with Crippen LogP contribution in [0.2, 0.25) is 0 Å². The Bertz CT molecular complexity index is 103. The zero-order chi connectivity index (χ0) is 8.91. The van der Waals surface area contributed by atoms with Gasteiger partial charge < -0.3 is 0 Å². The fourth-order valence-electron chi connectivity index (χ4n) is 0.395. The maximum absolute atomic E-state index is 5.33. The van der Waals surface area contributed by atoms with E-state index in [1.54, 1.807) is 0 Å². The summed E-state index contributed by atoms with van der Waals surface area (Å²) in [6, 6.07) is 0. The first kappa shape index (κ1) is 11.9. The Hall–Kier alpha value is 0.880. The van der Waals surface area contributed by atoms with E-state index in [2.05, 4.69) is 37.3 Å². The molecule has 0 saturated carbocycles. The first-order valence-corrected chi connectivity index (χ1v) is 5.63. The van der Waals surface area contributed by atoms with Gasteiger partial charge in [-0.15, -0.1) is 0 Å². The molecule has 0 aromatic heterocycles. The Morgan fingerprint density at radius 1 is 1.45 bits per heavy atom. The van der Waals surface area contributed by atoms with Crippen LogP contribution in [0.4, 0.5) is 0 Å². The van der Waals surface area contributed by atoms with Crippen LogP contribution in [0.25, 0.3) is 0 Å². The van der Waals surface area contributed by atoms with Crippen LogP contribution in [-0.4, -0.2) is 15.9 Å². The molecular formula is C7H15Br2NO. The van der Waals surface area contributed by atoms with E-state index in [1.165, 1.54) is 0 Å². The van der Waals surface area contributed by atoms with E-state index in [4.69, 9.17) is 4.84 Å². The topological polar surface area (TPSA) is 21.3 Å². The summed E-state index contributed by atoms with van der Waals surface area (Å²) in [6.07, 6.45) is 0.996. The number of hydrogen-bond acceptors (Lipinski definition) is 2. The Balaban J connectivity index is 3.38. The van der Waals surface area contributed by atoms with Gasteiger partial charge in [0, 0.05) is 5.33 Å². The van der Waals surface area contributed by atoms with Crippen molar-refractivity contribution in [2.75, 3.05) is 5.33 Å². The van der Waals surface area contributed by atoms with Gasteiger partial charge in [-0.3, -0.25) is 4.84 Å². The summed E-state index contributed by atoms with van der Waals surface area (Å²) in [4.78, 5) is 5.55. The molecule has 0 radical (unpaired) electrons. The Kier molecular flexibility index (Phi) is 5.95. The minimum Gasteiger partial charge on any atom is -0.295 e. The molecule has 0 aromatic rings. The molecule has 4 heteroatoms. The van der Waals surface area contributed by atoms with Gasteiger partial charge in [0.05, 0.1) is 10.6 Å². The lowest BCUT2D eigenvalue weighted by Gasteiger charge is -2.21. The number of halogens is 2. The minimum atomic E-state index is -0.127. The van der Waals surface area contributed by atoms with Gasteiger partial charge in [-0.05, 0) is 27.2 Å². The predicted octanol–water partition coefficient (Wildman–Crippen LogP) is 2.81. The van der Waals surface area contributed by atoms with E-state index >= 15 is 0 Å². The lowest BCUT2D eigenvalue weighted by Crippen LogP contribution is -2.33. The zero-order valence-corrected chi connectivity index (χ0v) is 10.3. The number of alkyl halides is 2. The molecule has 0 fully saturated rings. The fourth-order valence-corrected chi connectivity index (χ4v) is 1.79. The number of nitrogens with one attached hydrogen (secondary N) is 1. The second-order valence-corrected chi connectivity index (χ2v) is 5.18. The standard InChI is InChI=1S/C7H15Br2NO/c1-7(2,3)11-10-6(9)4-5-8/h6,10H,4-5H2,1-3H3. The van der Waals surface area contributed by atoms with Crippen LogP contribution in [0.5, 0.6) is 0 Å². The van der Waals surface area contributed by atoms with Crippen LogP contribution in [0.3, 0.4) is 0 Å². The Morgan fingerprint density at radius 3 is 2.36 bits per heavy atom. The molecule has 2 nitrogen and oxygen atoms in total. The summed E-state index contributed by atoms with van der Waals surface area (Å²) in [6.45, 7) is 6.02. The van der Waals surface area contributed by atoms with E-state index in [0.29, 0.717) is 0 Å². The molecule has 0 bridgehead atoms. The third-order valence-electron chi connectivity index (χ3n) is 0.856. The second-order valence-electron chi connectivity index (χ2n) is 3.28. The summed E-state index contributed by atoms with van der Waals surface area (Å²) in [5.41, 5.74) is 2.78. The van der Waals surface area contributed by atoms with Crippen LogP contribution in [0.15, 0.2) is 0 Å². The maximum Gasteiger partial charge on any atom is 0.0879 e. The average Bonchev–Trinajstić information content (AvgIpc) is 1.83. The minimum absolute atomic E-state index is 0.127. The molecular weight excluding hydrogens is 274 g/mol. The lowest BCUT2D eigenvalue weighted by molar-refractivity contribution is -0.0759. The number of hydroxylamine groups is 1. The van der Waals surface area contributed by atoms with E-state index in [9.17, 15) is 0 Å². The molecule has 0 aliphatic carbocycles. The van der Waals surface area contributed by atoms with Crippen molar-refractivity contribution >= 4 is 31.9 Å². The molecule has 0 aromatic carbocycles. The smallest absolute Gasteiger partial charge is 0.0879 e. The molecule has 0 amide bonds. The molecule has 0 aliphatic rings. The summed E-state index contributed by atoms with van der Waals surface area (Å²) in [5, 5.41) is 0.962. The van der Waals surface area contributed by atoms with Crippen molar-refractivity contribution in [2.24, 2.45) is 0 Å². The molecule has 0 heterocycles. The highest BCUT2D eigenvalue weighted by molar-refractivity contribution is 9.10. The van der Waals surface area contributed by atoms with E-state index in [-0.39, 0.29) is 10.6 Å². The summed E-state index contributed by atoms with van der Waals surface area (Å²) in [7, 11) is 0. The van der Waals surface area contributed by atoms with Crippen molar-refractivity contribution in [3.05, 3.63) is 0 Å². The molecule has 0 rings (SSSR count). The Labute approximate surface area is 85.3 Å². The van der Waals surface area contributed by atoms with Gasteiger partial charge in [0.15, 0.2) is 0 Å². The monoisotopic (exact) mass is 287 g/mol. The average molecular weight is 289 g/mol. The molecule has 0 aliphatic heterocycles. The van der Waals surface area contributed by atoms with E-state index < -0.39 is 0 Å². The molecule has 1 unspecified atom stereocenters. The highest BCUT2D eigenvalue weighted by Gasteiger charge is 2.12. The SMILES string of the molecule is CC(C)(C)ONC(Br)CCBr. The zero-order valence-electron chi connectivity index (χ0n) is 7.16. The third kappa shape index (κ3) is 8.79. The maximum atomic E-state index is 5.33. The van der Waals surface area contributed by atoms with Gasteiger partial charge in [0.2, 0.25) is 0 Å². The molecule has 1 N–H and O–H groups in total. The van der Waals surface area contributed by atoms with Crippen LogP contribution < -0.4 is 5.48 Å². The largest absolute Gasteiger partial charge is 0.295 e. The quantitative estimate of drug-likeness (QED) is 0.488. The number of rotatable bonds is 4. The first-order valence-electron chi connectivity index (χ1n) is 3.59. The van der Waals surface area contributed by atoms with Crippen LogP contribution in [-0.2, 0) is 4.84 Å². The lowest BCUT2D eigenvalue weighted by atomic mass is 10.2. The van der Waals surface area contributed by atoms with E-state index in [0.717, 1.165) is 11.8 Å². The van der Waals surface area contributed by atoms with Gasteiger partial charge in [-0.1, -0.05) is 31.9 Å². The number of hydrogen-bond donors (Lipinski definition) is 1. The predicted molar refractivity (Wildman–Crippen MR) is 55.1 cm³/mol. The summed E-state index contributed by atoms with van der Waals surface area (Å²) >= 11 is 6.77. The fraction of sp³-hybridized carbons (Fsp3) is 1.00. The van der Waals surface area contributed by atoms with Gasteiger partial charge in [-0.2, -0.15) is 5.48 Å². The third-order valence-corrected chi connectivity index (χ3v) is 1.96. The van der Waals surface area contributed by atoms with Crippen molar-refractivity contribution in [3.63, 3.8) is 0 Å². The van der Waals surface area contributed by atoms with Crippen LogP contribution in [0, 0.1) is 0 Å². The van der Waals surface area contributed by atoms with Crippen molar-refractivity contribution in [1.29, 1.82) is 0 Å². The van der Waals surface area contributed by atoms with Crippen molar-refractivity contribution < 1.29 is 4.84 Å². The molecule has 0 spiro atoms. The van der Waals surface area contributed by atoms with Gasteiger partial charge in [0.1, 0.15) is 0 Å². The van der Waals surface area contributed by atoms with E-state index in [1.807, 2.05) is 20.8 Å².